The number of hydrogen-bond acceptors (Lipinski definition) is 4. The van der Waals surface area contributed by atoms with Crippen LogP contribution in [0.3, 0.4) is 0 Å². The highest BCUT2D eigenvalue weighted by Gasteiger charge is 2.04. The third-order valence-electron chi connectivity index (χ3n) is 3.01. The minimum atomic E-state index is 0.0712. The molecule has 4 nitrogen and oxygen atoms in total. The summed E-state index contributed by atoms with van der Waals surface area (Å²) in [5.74, 6) is 0.0712. The summed E-state index contributed by atoms with van der Waals surface area (Å²) >= 11 is 5.96. The van der Waals surface area contributed by atoms with Crippen LogP contribution in [0.15, 0.2) is 48.7 Å². The van der Waals surface area contributed by atoms with Gasteiger partial charge in [-0.2, -0.15) is 0 Å². The van der Waals surface area contributed by atoms with Gasteiger partial charge in [0.15, 0.2) is 0 Å². The molecule has 0 unspecified atom stereocenters. The van der Waals surface area contributed by atoms with E-state index in [2.05, 4.69) is 10.3 Å². The number of nitrogens with zero attached hydrogens (tertiary/aromatic N) is 1. The lowest BCUT2D eigenvalue weighted by Crippen LogP contribution is -1.94. The zero-order valence-electron chi connectivity index (χ0n) is 10.5. The van der Waals surface area contributed by atoms with E-state index >= 15 is 0 Å². The zero-order valence-corrected chi connectivity index (χ0v) is 11.2. The Kier molecular flexibility index (Phi) is 3.08. The highest BCUT2D eigenvalue weighted by Crippen LogP contribution is 2.29. The number of nitrogens with two attached hydrogens (primary N) is 1. The number of benzene rings is 2. The Hall–Kier alpha value is -2.46. The number of anilines is 3. The molecule has 0 aliphatic heterocycles. The first-order valence-corrected chi connectivity index (χ1v) is 6.41. The maximum absolute atomic E-state index is 9.43. The highest BCUT2D eigenvalue weighted by molar-refractivity contribution is 6.31. The summed E-state index contributed by atoms with van der Waals surface area (Å²) < 4.78 is 0. The Balaban J connectivity index is 2.04. The van der Waals surface area contributed by atoms with E-state index in [1.165, 1.54) is 0 Å². The topological polar surface area (TPSA) is 71.2 Å². The molecular formula is C15H12ClN3O. The molecule has 0 aliphatic carbocycles. The molecule has 1 heterocycles. The molecule has 0 amide bonds. The number of pyridine rings is 1. The molecule has 0 radical (unpaired) electrons. The van der Waals surface area contributed by atoms with Crippen LogP contribution in [-0.2, 0) is 0 Å². The Morgan fingerprint density at radius 2 is 1.95 bits per heavy atom. The molecular weight excluding hydrogens is 274 g/mol. The Bertz CT molecular complexity index is 789. The van der Waals surface area contributed by atoms with Crippen LogP contribution < -0.4 is 11.1 Å². The molecule has 0 spiro atoms. The molecule has 0 bridgehead atoms. The summed E-state index contributed by atoms with van der Waals surface area (Å²) in [5.41, 5.74) is 8.53. The number of hydrogen-bond donors (Lipinski definition) is 3. The van der Waals surface area contributed by atoms with Crippen molar-refractivity contribution in [2.45, 2.75) is 0 Å². The van der Waals surface area contributed by atoms with Crippen molar-refractivity contribution in [3.8, 4) is 5.75 Å². The van der Waals surface area contributed by atoms with E-state index in [4.69, 9.17) is 17.3 Å². The normalized spacial score (nSPS) is 10.7. The van der Waals surface area contributed by atoms with Crippen molar-refractivity contribution in [1.82, 2.24) is 4.98 Å². The predicted molar refractivity (Wildman–Crippen MR) is 82.6 cm³/mol. The number of nitrogens with one attached hydrogen (secondary N) is 1. The zero-order chi connectivity index (χ0) is 14.1. The molecule has 5 heteroatoms. The fraction of sp³-hybridized carbons (Fsp3) is 0. The molecule has 4 N–H and O–H groups in total. The predicted octanol–water partition coefficient (Wildman–Crippen LogP) is 3.92. The van der Waals surface area contributed by atoms with E-state index in [1.807, 2.05) is 24.3 Å². The summed E-state index contributed by atoms with van der Waals surface area (Å²) in [6.45, 7) is 0. The van der Waals surface area contributed by atoms with Crippen molar-refractivity contribution in [2.75, 3.05) is 11.1 Å². The number of rotatable bonds is 2. The van der Waals surface area contributed by atoms with Crippen LogP contribution in [0.5, 0.6) is 5.75 Å². The molecule has 100 valence electrons. The monoisotopic (exact) mass is 285 g/mol. The van der Waals surface area contributed by atoms with Crippen LogP contribution in [-0.4, -0.2) is 10.1 Å². The first-order chi connectivity index (χ1) is 9.63. The number of aromatic nitrogens is 1. The van der Waals surface area contributed by atoms with Crippen molar-refractivity contribution in [2.24, 2.45) is 0 Å². The number of halogens is 1. The number of aromatic hydroxyl groups is 1. The van der Waals surface area contributed by atoms with E-state index in [9.17, 15) is 5.11 Å². The second kappa shape index (κ2) is 4.90. The summed E-state index contributed by atoms with van der Waals surface area (Å²) in [4.78, 5) is 4.29. The maximum atomic E-state index is 9.43. The van der Waals surface area contributed by atoms with Crippen molar-refractivity contribution in [3.05, 3.63) is 53.7 Å². The van der Waals surface area contributed by atoms with Gasteiger partial charge < -0.3 is 16.2 Å². The standard InChI is InChI=1S/C15H12ClN3O/c16-9-1-3-11-13(5-6-18-14(11)7-9)19-10-2-4-15(20)12(17)8-10/h1-8,20H,17H2,(H,18,19). The summed E-state index contributed by atoms with van der Waals surface area (Å²) in [5, 5.41) is 14.3. The van der Waals surface area contributed by atoms with E-state index < -0.39 is 0 Å². The molecule has 2 aromatic carbocycles. The molecule has 0 atom stereocenters. The van der Waals surface area contributed by atoms with Gasteiger partial charge in [-0.1, -0.05) is 11.6 Å². The number of nitrogen functional groups attached to an aromatic ring is 1. The summed E-state index contributed by atoms with van der Waals surface area (Å²) in [6, 6.07) is 12.4. The van der Waals surface area contributed by atoms with Crippen LogP contribution in [0, 0.1) is 0 Å². The minimum Gasteiger partial charge on any atom is -0.506 e. The first kappa shape index (κ1) is 12.6. The smallest absolute Gasteiger partial charge is 0.138 e. The molecule has 3 aromatic rings. The minimum absolute atomic E-state index is 0.0712. The molecule has 3 rings (SSSR count). The lowest BCUT2D eigenvalue weighted by molar-refractivity contribution is 0.478. The first-order valence-electron chi connectivity index (χ1n) is 6.03. The third kappa shape index (κ3) is 2.33. The van der Waals surface area contributed by atoms with Gasteiger partial charge >= 0.3 is 0 Å². The van der Waals surface area contributed by atoms with E-state index in [1.54, 1.807) is 24.4 Å². The number of phenols is 1. The van der Waals surface area contributed by atoms with Gasteiger partial charge in [-0.3, -0.25) is 4.98 Å². The Morgan fingerprint density at radius 1 is 1.10 bits per heavy atom. The van der Waals surface area contributed by atoms with E-state index in [0.29, 0.717) is 10.7 Å². The van der Waals surface area contributed by atoms with Gasteiger partial charge in [-0.15, -0.1) is 0 Å². The van der Waals surface area contributed by atoms with Crippen molar-refractivity contribution in [1.29, 1.82) is 0 Å². The fourth-order valence-corrected chi connectivity index (χ4v) is 2.18. The average Bonchev–Trinajstić information content (AvgIpc) is 2.43. The van der Waals surface area contributed by atoms with Crippen LogP contribution in [0.4, 0.5) is 17.1 Å². The van der Waals surface area contributed by atoms with Gasteiger partial charge in [0.25, 0.3) is 0 Å². The summed E-state index contributed by atoms with van der Waals surface area (Å²) in [6.07, 6.45) is 1.71. The molecule has 0 saturated carbocycles. The van der Waals surface area contributed by atoms with Gasteiger partial charge in [0, 0.05) is 28.0 Å². The molecule has 1 aromatic heterocycles. The number of fused-ring (bicyclic) bond motifs is 1. The highest BCUT2D eigenvalue weighted by atomic mass is 35.5. The quantitative estimate of drug-likeness (QED) is 0.379. The lowest BCUT2D eigenvalue weighted by Gasteiger charge is -2.10. The Labute approximate surface area is 120 Å². The third-order valence-corrected chi connectivity index (χ3v) is 3.25. The van der Waals surface area contributed by atoms with Gasteiger partial charge in [0.2, 0.25) is 0 Å². The largest absolute Gasteiger partial charge is 0.506 e. The van der Waals surface area contributed by atoms with Gasteiger partial charge in [0.1, 0.15) is 5.75 Å². The van der Waals surface area contributed by atoms with Crippen LogP contribution >= 0.6 is 11.6 Å². The summed E-state index contributed by atoms with van der Waals surface area (Å²) in [7, 11) is 0. The van der Waals surface area contributed by atoms with Crippen molar-refractivity contribution >= 4 is 39.6 Å². The molecule has 0 saturated heterocycles. The van der Waals surface area contributed by atoms with Gasteiger partial charge in [0.05, 0.1) is 11.2 Å². The number of phenolic OH excluding ortho intramolecular Hbond substituents is 1. The van der Waals surface area contributed by atoms with Crippen molar-refractivity contribution in [3.63, 3.8) is 0 Å². The fourth-order valence-electron chi connectivity index (χ4n) is 2.02. The molecule has 20 heavy (non-hydrogen) atoms. The lowest BCUT2D eigenvalue weighted by atomic mass is 10.1. The molecule has 0 aliphatic rings. The van der Waals surface area contributed by atoms with E-state index in [0.717, 1.165) is 22.3 Å². The second-order valence-electron chi connectivity index (χ2n) is 4.42. The average molecular weight is 286 g/mol. The van der Waals surface area contributed by atoms with Crippen molar-refractivity contribution < 1.29 is 5.11 Å². The maximum Gasteiger partial charge on any atom is 0.138 e. The Morgan fingerprint density at radius 3 is 2.75 bits per heavy atom. The van der Waals surface area contributed by atoms with E-state index in [-0.39, 0.29) is 5.75 Å². The van der Waals surface area contributed by atoms with Gasteiger partial charge in [-0.25, -0.2) is 0 Å². The second-order valence-corrected chi connectivity index (χ2v) is 4.86. The van der Waals surface area contributed by atoms with Crippen LogP contribution in [0.1, 0.15) is 0 Å². The SMILES string of the molecule is Nc1cc(Nc2ccnc3cc(Cl)ccc23)ccc1O. The van der Waals surface area contributed by atoms with Crippen LogP contribution in [0.25, 0.3) is 10.9 Å². The molecule has 0 fully saturated rings. The van der Waals surface area contributed by atoms with Crippen LogP contribution in [0.2, 0.25) is 5.02 Å². The van der Waals surface area contributed by atoms with Gasteiger partial charge in [-0.05, 0) is 42.5 Å².